The number of hydrogen-bond acceptors (Lipinski definition) is 7. The van der Waals surface area contributed by atoms with Gasteiger partial charge in [-0.3, -0.25) is 14.4 Å². The van der Waals surface area contributed by atoms with Crippen LogP contribution >= 0.6 is 39.1 Å². The minimum atomic E-state index is -1.24. The molecule has 37 heavy (non-hydrogen) atoms. The van der Waals surface area contributed by atoms with E-state index in [9.17, 15) is 24.6 Å². The quantitative estimate of drug-likeness (QED) is 0.392. The van der Waals surface area contributed by atoms with Crippen LogP contribution in [0, 0.1) is 24.2 Å². The van der Waals surface area contributed by atoms with E-state index in [1.807, 2.05) is 26.0 Å². The lowest BCUT2D eigenvalue weighted by Gasteiger charge is -2.53. The number of ketones is 2. The van der Waals surface area contributed by atoms with Gasteiger partial charge < -0.3 is 19.7 Å². The summed E-state index contributed by atoms with van der Waals surface area (Å²) in [6.45, 7) is 5.52. The van der Waals surface area contributed by atoms with Crippen molar-refractivity contribution >= 4 is 56.7 Å². The number of carbonyl (C=O) groups excluding carboxylic acids is 3. The lowest BCUT2D eigenvalue weighted by atomic mass is 9.51. The molecule has 3 saturated heterocycles. The van der Waals surface area contributed by atoms with Gasteiger partial charge in [0.15, 0.2) is 11.6 Å². The summed E-state index contributed by atoms with van der Waals surface area (Å²) in [5, 5.41) is 21.7. The highest BCUT2D eigenvalue weighted by Gasteiger charge is 2.78. The number of hydrogen-bond donors (Lipinski definition) is 2. The van der Waals surface area contributed by atoms with Crippen LogP contribution in [0.25, 0.3) is 0 Å². The standard InChI is InChI=1S/C27H29BrCl2O7/c1-9-6-14(36-25(9)35)20(31)18(24(29)30)11-4-5-12-13-7-16(28)27-23(34)21(32)15(37-27)8-26(27,3)19(13)22(33)17(12)10(11)2/h4-5,9,13-16,18-21,24,31-32H,6-8H2,1-3H3/t9-,13+,14-,15+,16+,18-,19-,20-,21+,26-,27-/m1/s1. The van der Waals surface area contributed by atoms with Crippen molar-refractivity contribution in [3.05, 3.63) is 34.4 Å². The Morgan fingerprint density at radius 1 is 1.19 bits per heavy atom. The van der Waals surface area contributed by atoms with Gasteiger partial charge in [0.1, 0.15) is 28.7 Å². The molecule has 0 amide bonds. The van der Waals surface area contributed by atoms with Crippen molar-refractivity contribution in [3.63, 3.8) is 0 Å². The van der Waals surface area contributed by atoms with Crippen molar-refractivity contribution in [1.82, 2.24) is 0 Å². The number of esters is 1. The molecule has 0 radical (unpaired) electrons. The molecule has 1 aromatic carbocycles. The number of alkyl halides is 3. The summed E-state index contributed by atoms with van der Waals surface area (Å²) in [5.74, 6) is -2.48. The van der Waals surface area contributed by atoms with Gasteiger partial charge in [0, 0.05) is 22.8 Å². The van der Waals surface area contributed by atoms with E-state index in [0.29, 0.717) is 36.0 Å². The molecule has 7 nitrogen and oxygen atoms in total. The van der Waals surface area contributed by atoms with Crippen molar-refractivity contribution in [3.8, 4) is 0 Å². The van der Waals surface area contributed by atoms with Crippen molar-refractivity contribution in [2.75, 3.05) is 0 Å². The van der Waals surface area contributed by atoms with Gasteiger partial charge in [-0.2, -0.15) is 0 Å². The van der Waals surface area contributed by atoms with Gasteiger partial charge >= 0.3 is 5.97 Å². The van der Waals surface area contributed by atoms with E-state index in [1.54, 1.807) is 6.92 Å². The molecule has 2 N–H and O–H groups in total. The van der Waals surface area contributed by atoms with Crippen LogP contribution in [0.5, 0.6) is 0 Å². The fourth-order valence-corrected chi connectivity index (χ4v) is 9.98. The number of halogens is 3. The Morgan fingerprint density at radius 2 is 1.89 bits per heavy atom. The molecule has 5 aliphatic rings. The van der Waals surface area contributed by atoms with Gasteiger partial charge in [0.25, 0.3) is 0 Å². The van der Waals surface area contributed by atoms with Crippen molar-refractivity contribution in [1.29, 1.82) is 0 Å². The Hall–Kier alpha value is -1.03. The maximum absolute atomic E-state index is 14.2. The monoisotopic (exact) mass is 614 g/mol. The molecule has 1 spiro atoms. The number of ether oxygens (including phenoxy) is 2. The lowest BCUT2D eigenvalue weighted by Crippen LogP contribution is -2.65. The minimum absolute atomic E-state index is 0.0612. The second kappa shape index (κ2) is 8.48. The highest BCUT2D eigenvalue weighted by Crippen LogP contribution is 2.69. The van der Waals surface area contributed by atoms with Crippen molar-refractivity contribution < 1.29 is 34.1 Å². The van der Waals surface area contributed by atoms with E-state index in [-0.39, 0.29) is 34.2 Å². The average Bonchev–Trinajstić information content (AvgIpc) is 3.50. The SMILES string of the molecule is Cc1c([C@@H](C(Cl)Cl)[C@H](O)[C@H]2C[C@@H](C)C(=O)O2)ccc2c1C(=O)[C@H]1[C@H]2C[C@H](Br)[C@]23O[C@@H](C[C@]12C)[C@H](O)C3=O. The first kappa shape index (κ1) is 26.2. The van der Waals surface area contributed by atoms with Gasteiger partial charge in [-0.05, 0) is 48.8 Å². The summed E-state index contributed by atoms with van der Waals surface area (Å²) in [5.41, 5.74) is 0.777. The van der Waals surface area contributed by atoms with E-state index in [2.05, 4.69) is 15.9 Å². The predicted octanol–water partition coefficient (Wildman–Crippen LogP) is 3.74. The zero-order valence-corrected chi connectivity index (χ0v) is 23.7. The zero-order valence-electron chi connectivity index (χ0n) is 20.6. The highest BCUT2D eigenvalue weighted by atomic mass is 79.9. The number of benzene rings is 1. The number of aliphatic hydroxyl groups is 2. The predicted molar refractivity (Wildman–Crippen MR) is 138 cm³/mol. The lowest BCUT2D eigenvalue weighted by molar-refractivity contribution is -0.150. The van der Waals surface area contributed by atoms with Crippen LogP contribution in [0.1, 0.15) is 72.0 Å². The molecule has 0 aromatic heterocycles. The third-order valence-electron chi connectivity index (χ3n) is 9.89. The number of fused-ring (bicyclic) bond motifs is 5. The van der Waals surface area contributed by atoms with Gasteiger partial charge in [0.2, 0.25) is 0 Å². The highest BCUT2D eigenvalue weighted by molar-refractivity contribution is 9.09. The molecule has 1 saturated carbocycles. The molecule has 2 bridgehead atoms. The maximum Gasteiger partial charge on any atom is 0.309 e. The van der Waals surface area contributed by atoms with E-state index in [1.165, 1.54) is 0 Å². The Morgan fingerprint density at radius 3 is 2.49 bits per heavy atom. The first-order valence-electron chi connectivity index (χ1n) is 12.7. The topological polar surface area (TPSA) is 110 Å². The number of carbonyl (C=O) groups is 3. The summed E-state index contributed by atoms with van der Waals surface area (Å²) in [7, 11) is 0. The number of cyclic esters (lactones) is 1. The van der Waals surface area contributed by atoms with Crippen molar-refractivity contribution in [2.24, 2.45) is 17.3 Å². The van der Waals surface area contributed by atoms with Gasteiger partial charge in [-0.1, -0.05) is 41.9 Å². The normalized spacial score (nSPS) is 43.6. The van der Waals surface area contributed by atoms with Crippen LogP contribution in [0.15, 0.2) is 12.1 Å². The molecule has 11 atom stereocenters. The Labute approximate surface area is 233 Å². The van der Waals surface area contributed by atoms with Crippen molar-refractivity contribution in [2.45, 2.75) is 91.5 Å². The molecular weight excluding hydrogens is 587 g/mol. The second-order valence-electron chi connectivity index (χ2n) is 11.7. The molecule has 3 heterocycles. The molecule has 3 aliphatic heterocycles. The fourth-order valence-electron chi connectivity index (χ4n) is 8.15. The molecule has 2 aliphatic carbocycles. The van der Waals surface area contributed by atoms with Crippen LogP contribution in [-0.2, 0) is 19.1 Å². The summed E-state index contributed by atoms with van der Waals surface area (Å²) < 4.78 is 11.6. The summed E-state index contributed by atoms with van der Waals surface area (Å²) in [6, 6.07) is 3.77. The Balaban J connectivity index is 1.40. The van der Waals surface area contributed by atoms with Crippen LogP contribution < -0.4 is 0 Å². The minimum Gasteiger partial charge on any atom is -0.459 e. The largest absolute Gasteiger partial charge is 0.459 e. The van der Waals surface area contributed by atoms with E-state index >= 15 is 0 Å². The molecule has 10 heteroatoms. The molecule has 4 fully saturated rings. The second-order valence-corrected chi connectivity index (χ2v) is 14.0. The van der Waals surface area contributed by atoms with Crippen LogP contribution in [0.2, 0.25) is 0 Å². The fraction of sp³-hybridized carbons (Fsp3) is 0.667. The average molecular weight is 616 g/mol. The van der Waals surface area contributed by atoms with E-state index in [4.69, 9.17) is 32.7 Å². The number of Topliss-reactive ketones (excluding diaryl/α,β-unsaturated/α-hetero) is 2. The first-order valence-corrected chi connectivity index (χ1v) is 14.5. The number of aliphatic hydroxyl groups excluding tert-OH is 2. The Bertz CT molecular complexity index is 1220. The van der Waals surface area contributed by atoms with E-state index < -0.39 is 52.1 Å². The Kier molecular flexibility index (Phi) is 6.01. The summed E-state index contributed by atoms with van der Waals surface area (Å²) >= 11 is 16.5. The zero-order chi connectivity index (χ0) is 26.8. The first-order chi connectivity index (χ1) is 17.3. The maximum atomic E-state index is 14.2. The summed E-state index contributed by atoms with van der Waals surface area (Å²) in [6.07, 6.45) is -2.38. The number of rotatable bonds is 4. The third kappa shape index (κ3) is 3.20. The van der Waals surface area contributed by atoms with Crippen LogP contribution in [0.4, 0.5) is 0 Å². The van der Waals surface area contributed by atoms with Gasteiger partial charge in [-0.25, -0.2) is 0 Å². The smallest absolute Gasteiger partial charge is 0.309 e. The van der Waals surface area contributed by atoms with E-state index in [0.717, 1.165) is 5.56 Å². The molecule has 200 valence electrons. The summed E-state index contributed by atoms with van der Waals surface area (Å²) in [4.78, 5) is 38.0. The third-order valence-corrected chi connectivity index (χ3v) is 11.5. The molecule has 0 unspecified atom stereocenters. The van der Waals surface area contributed by atoms with Gasteiger partial charge in [-0.15, -0.1) is 23.2 Å². The van der Waals surface area contributed by atoms with Gasteiger partial charge in [0.05, 0.1) is 16.8 Å². The molecule has 6 rings (SSSR count). The molecular formula is C27H29BrCl2O7. The van der Waals surface area contributed by atoms with Crippen LogP contribution in [0.3, 0.4) is 0 Å². The molecule has 1 aromatic rings. The van der Waals surface area contributed by atoms with Crippen LogP contribution in [-0.4, -0.2) is 67.4 Å².